The zero-order valence-electron chi connectivity index (χ0n) is 12.2. The first-order valence-corrected chi connectivity index (χ1v) is 7.56. The number of nitrogens with two attached hydrogens (primary N) is 1. The van der Waals surface area contributed by atoms with E-state index < -0.39 is 5.54 Å². The zero-order chi connectivity index (χ0) is 14.5. The molecule has 1 rings (SSSR count). The molecule has 0 bridgehead atoms. The van der Waals surface area contributed by atoms with Gasteiger partial charge in [-0.15, -0.1) is 11.8 Å². The number of benzene rings is 1. The number of amides is 1. The van der Waals surface area contributed by atoms with Gasteiger partial charge in [0, 0.05) is 4.90 Å². The molecule has 1 amide bonds. The van der Waals surface area contributed by atoms with E-state index >= 15 is 0 Å². The lowest BCUT2D eigenvalue weighted by Gasteiger charge is -2.25. The van der Waals surface area contributed by atoms with E-state index in [1.807, 2.05) is 18.7 Å². The summed E-state index contributed by atoms with van der Waals surface area (Å²) in [4.78, 5) is 12.7. The summed E-state index contributed by atoms with van der Waals surface area (Å²) >= 11 is 1.84. The summed E-state index contributed by atoms with van der Waals surface area (Å²) in [6.45, 7) is 6.09. The number of primary amides is 1. The maximum absolute atomic E-state index is 11.4. The van der Waals surface area contributed by atoms with Crippen LogP contribution in [0.5, 0.6) is 0 Å². The lowest BCUT2D eigenvalue weighted by atomic mass is 9.96. The minimum absolute atomic E-state index is 0.285. The molecular weight excluding hydrogens is 256 g/mol. The van der Waals surface area contributed by atoms with Crippen molar-refractivity contribution in [3.05, 3.63) is 29.3 Å². The second-order valence-electron chi connectivity index (χ2n) is 5.17. The number of likely N-dealkylation sites (N-methyl/N-ethyl adjacent to an activating group) is 1. The third-order valence-corrected chi connectivity index (χ3v) is 4.76. The Morgan fingerprint density at radius 3 is 2.68 bits per heavy atom. The average molecular weight is 280 g/mol. The predicted molar refractivity (Wildman–Crippen MR) is 82.5 cm³/mol. The lowest BCUT2D eigenvalue weighted by Crippen LogP contribution is -2.51. The van der Waals surface area contributed by atoms with Crippen LogP contribution in [0.3, 0.4) is 0 Å². The topological polar surface area (TPSA) is 55.1 Å². The van der Waals surface area contributed by atoms with Crippen molar-refractivity contribution in [3.8, 4) is 0 Å². The Hall–Kier alpha value is -1.00. The van der Waals surface area contributed by atoms with Gasteiger partial charge in [0.15, 0.2) is 0 Å². The van der Waals surface area contributed by atoms with E-state index in [9.17, 15) is 4.79 Å². The van der Waals surface area contributed by atoms with Gasteiger partial charge in [0.2, 0.25) is 5.91 Å². The SMILES string of the molecule is CNC(C)(CCCSc1cc(C)ccc1C)C(N)=O. The summed E-state index contributed by atoms with van der Waals surface area (Å²) in [5.41, 5.74) is 7.41. The molecule has 0 saturated heterocycles. The van der Waals surface area contributed by atoms with E-state index in [2.05, 4.69) is 37.4 Å². The van der Waals surface area contributed by atoms with Crippen molar-refractivity contribution in [1.29, 1.82) is 0 Å². The van der Waals surface area contributed by atoms with Crippen LogP contribution in [0, 0.1) is 13.8 Å². The van der Waals surface area contributed by atoms with Crippen LogP contribution in [-0.2, 0) is 4.79 Å². The summed E-state index contributed by atoms with van der Waals surface area (Å²) in [6, 6.07) is 6.49. The van der Waals surface area contributed by atoms with Gasteiger partial charge in [-0.2, -0.15) is 0 Å². The molecule has 1 atom stereocenters. The molecule has 0 heterocycles. The summed E-state index contributed by atoms with van der Waals surface area (Å²) in [5.74, 6) is 0.709. The van der Waals surface area contributed by atoms with E-state index in [4.69, 9.17) is 5.73 Å². The molecule has 3 N–H and O–H groups in total. The van der Waals surface area contributed by atoms with Crippen LogP contribution >= 0.6 is 11.8 Å². The van der Waals surface area contributed by atoms with Gasteiger partial charge in [0.1, 0.15) is 0 Å². The number of hydrogen-bond acceptors (Lipinski definition) is 3. The molecule has 0 aliphatic heterocycles. The van der Waals surface area contributed by atoms with E-state index in [0.29, 0.717) is 0 Å². The van der Waals surface area contributed by atoms with E-state index in [-0.39, 0.29) is 5.91 Å². The fourth-order valence-electron chi connectivity index (χ4n) is 1.84. The van der Waals surface area contributed by atoms with E-state index in [1.165, 1.54) is 16.0 Å². The van der Waals surface area contributed by atoms with Gasteiger partial charge >= 0.3 is 0 Å². The van der Waals surface area contributed by atoms with Crippen molar-refractivity contribution < 1.29 is 4.79 Å². The minimum Gasteiger partial charge on any atom is -0.368 e. The highest BCUT2D eigenvalue weighted by molar-refractivity contribution is 7.99. The summed E-state index contributed by atoms with van der Waals surface area (Å²) in [6.07, 6.45) is 1.72. The second-order valence-corrected chi connectivity index (χ2v) is 6.30. The van der Waals surface area contributed by atoms with E-state index in [1.54, 1.807) is 7.05 Å². The zero-order valence-corrected chi connectivity index (χ0v) is 13.1. The van der Waals surface area contributed by atoms with Gasteiger partial charge in [0.05, 0.1) is 5.54 Å². The molecule has 1 aromatic carbocycles. The Morgan fingerprint density at radius 2 is 2.11 bits per heavy atom. The number of rotatable bonds is 7. The van der Waals surface area contributed by atoms with Gasteiger partial charge in [0.25, 0.3) is 0 Å². The molecule has 0 saturated carbocycles. The van der Waals surface area contributed by atoms with Crippen LogP contribution in [-0.4, -0.2) is 24.2 Å². The molecule has 19 heavy (non-hydrogen) atoms. The van der Waals surface area contributed by atoms with Crippen molar-refractivity contribution in [2.45, 2.75) is 44.0 Å². The van der Waals surface area contributed by atoms with Crippen molar-refractivity contribution in [3.63, 3.8) is 0 Å². The highest BCUT2D eigenvalue weighted by Gasteiger charge is 2.27. The van der Waals surface area contributed by atoms with E-state index in [0.717, 1.165) is 18.6 Å². The summed E-state index contributed by atoms with van der Waals surface area (Å²) < 4.78 is 0. The number of aryl methyl sites for hydroxylation is 2. The van der Waals surface area contributed by atoms with Gasteiger partial charge in [-0.25, -0.2) is 0 Å². The molecule has 0 radical (unpaired) electrons. The molecule has 0 aliphatic rings. The number of hydrogen-bond donors (Lipinski definition) is 2. The highest BCUT2D eigenvalue weighted by Crippen LogP contribution is 2.25. The number of nitrogens with one attached hydrogen (secondary N) is 1. The molecule has 0 aliphatic carbocycles. The quantitative estimate of drug-likeness (QED) is 0.596. The van der Waals surface area contributed by atoms with Crippen molar-refractivity contribution in [1.82, 2.24) is 5.32 Å². The van der Waals surface area contributed by atoms with Crippen LogP contribution in [0.25, 0.3) is 0 Å². The van der Waals surface area contributed by atoms with Crippen molar-refractivity contribution in [2.75, 3.05) is 12.8 Å². The highest BCUT2D eigenvalue weighted by atomic mass is 32.2. The van der Waals surface area contributed by atoms with Gasteiger partial charge in [-0.1, -0.05) is 17.7 Å². The molecule has 0 fully saturated rings. The van der Waals surface area contributed by atoms with Crippen molar-refractivity contribution >= 4 is 17.7 Å². The van der Waals surface area contributed by atoms with Crippen LogP contribution in [0.15, 0.2) is 23.1 Å². The average Bonchev–Trinajstić information content (AvgIpc) is 2.38. The van der Waals surface area contributed by atoms with Crippen LogP contribution in [0.4, 0.5) is 0 Å². The molecular formula is C15H24N2OS. The van der Waals surface area contributed by atoms with Crippen molar-refractivity contribution in [2.24, 2.45) is 5.73 Å². The first-order chi connectivity index (χ1) is 8.89. The van der Waals surface area contributed by atoms with Crippen LogP contribution in [0.2, 0.25) is 0 Å². The minimum atomic E-state index is -0.595. The van der Waals surface area contributed by atoms with Crippen LogP contribution in [0.1, 0.15) is 30.9 Å². The third kappa shape index (κ3) is 4.55. The number of thioether (sulfide) groups is 1. The molecule has 4 heteroatoms. The van der Waals surface area contributed by atoms with Gasteiger partial charge < -0.3 is 11.1 Å². The maximum atomic E-state index is 11.4. The molecule has 0 aromatic heterocycles. The summed E-state index contributed by atoms with van der Waals surface area (Å²) in [5, 5.41) is 3.01. The second kappa shape index (κ2) is 6.96. The standard InChI is InChI=1S/C15H24N2OS/c1-11-6-7-12(2)13(10-11)19-9-5-8-15(3,17-4)14(16)18/h6-7,10,17H,5,8-9H2,1-4H3,(H2,16,18). The fraction of sp³-hybridized carbons (Fsp3) is 0.533. The number of carbonyl (C=O) groups is 1. The first kappa shape index (κ1) is 16.1. The monoisotopic (exact) mass is 280 g/mol. The fourth-order valence-corrected chi connectivity index (χ4v) is 2.92. The Morgan fingerprint density at radius 1 is 1.42 bits per heavy atom. The van der Waals surface area contributed by atoms with Crippen LogP contribution < -0.4 is 11.1 Å². The number of carbonyl (C=O) groups excluding carboxylic acids is 1. The molecule has 1 aromatic rings. The largest absolute Gasteiger partial charge is 0.368 e. The van der Waals surface area contributed by atoms with Gasteiger partial charge in [-0.3, -0.25) is 4.79 Å². The summed E-state index contributed by atoms with van der Waals surface area (Å²) in [7, 11) is 1.78. The molecule has 3 nitrogen and oxygen atoms in total. The Labute approximate surface area is 120 Å². The Kier molecular flexibility index (Phi) is 5.88. The molecule has 106 valence electrons. The lowest BCUT2D eigenvalue weighted by molar-refractivity contribution is -0.123. The maximum Gasteiger partial charge on any atom is 0.237 e. The van der Waals surface area contributed by atoms with Gasteiger partial charge in [-0.05, 0) is 58.0 Å². The molecule has 0 spiro atoms. The predicted octanol–water partition coefficient (Wildman–Crippen LogP) is 2.64. The Balaban J connectivity index is 2.47. The smallest absolute Gasteiger partial charge is 0.237 e. The third-order valence-electron chi connectivity index (χ3n) is 3.52. The molecule has 1 unspecified atom stereocenters. The first-order valence-electron chi connectivity index (χ1n) is 6.58. The normalized spacial score (nSPS) is 14.1. The Bertz CT molecular complexity index is 448.